The van der Waals surface area contributed by atoms with Crippen LogP contribution in [0, 0.1) is 6.92 Å². The van der Waals surface area contributed by atoms with Crippen LogP contribution in [-0.2, 0) is 16.0 Å². The number of carbonyl (C=O) groups excluding carboxylic acids is 3. The number of aryl methyl sites for hydroxylation is 2. The fourth-order valence-corrected chi connectivity index (χ4v) is 2.96. The highest BCUT2D eigenvalue weighted by Crippen LogP contribution is 2.22. The molecule has 0 bridgehead atoms. The molecular weight excluding hydrogens is 280 g/mol. The van der Waals surface area contributed by atoms with Crippen LogP contribution >= 0.6 is 11.3 Å². The number of carbonyl (C=O) groups is 3. The van der Waals surface area contributed by atoms with Crippen LogP contribution in [0.5, 0.6) is 0 Å². The van der Waals surface area contributed by atoms with Crippen molar-refractivity contribution in [1.29, 1.82) is 0 Å². The summed E-state index contributed by atoms with van der Waals surface area (Å²) in [5, 5.41) is 2.52. The predicted octanol–water partition coefficient (Wildman–Crippen LogP) is 1.33. The zero-order valence-corrected chi connectivity index (χ0v) is 12.2. The van der Waals surface area contributed by atoms with Crippen molar-refractivity contribution in [2.24, 2.45) is 0 Å². The van der Waals surface area contributed by atoms with Gasteiger partial charge in [0.15, 0.2) is 6.61 Å². The summed E-state index contributed by atoms with van der Waals surface area (Å²) in [4.78, 5) is 37.4. The van der Waals surface area contributed by atoms with Gasteiger partial charge in [-0.1, -0.05) is 6.92 Å². The Morgan fingerprint density at radius 2 is 2.25 bits per heavy atom. The summed E-state index contributed by atoms with van der Waals surface area (Å²) < 4.78 is 4.96. The molecule has 0 unspecified atom stereocenters. The van der Waals surface area contributed by atoms with Crippen LogP contribution in [0.1, 0.15) is 27.0 Å². The monoisotopic (exact) mass is 296 g/mol. The molecule has 1 saturated heterocycles. The fourth-order valence-electron chi connectivity index (χ4n) is 1.96. The van der Waals surface area contributed by atoms with Gasteiger partial charge in [0.25, 0.3) is 5.91 Å². The highest BCUT2D eigenvalue weighted by molar-refractivity contribution is 7.14. The first-order valence-electron chi connectivity index (χ1n) is 6.37. The number of rotatable bonds is 4. The SMILES string of the molecule is CCc1cc(C(=O)OCC(=O)N2CCNC2=O)sc1C. The van der Waals surface area contributed by atoms with Crippen molar-refractivity contribution in [3.63, 3.8) is 0 Å². The zero-order chi connectivity index (χ0) is 14.7. The van der Waals surface area contributed by atoms with E-state index in [-0.39, 0.29) is 0 Å². The van der Waals surface area contributed by atoms with Crippen molar-refractivity contribution in [2.75, 3.05) is 19.7 Å². The molecule has 1 N–H and O–H groups in total. The molecule has 0 aromatic carbocycles. The van der Waals surface area contributed by atoms with E-state index in [1.165, 1.54) is 11.3 Å². The average Bonchev–Trinajstić information content (AvgIpc) is 3.01. The van der Waals surface area contributed by atoms with Gasteiger partial charge >= 0.3 is 12.0 Å². The summed E-state index contributed by atoms with van der Waals surface area (Å²) in [7, 11) is 0. The van der Waals surface area contributed by atoms with Crippen LogP contribution in [0.2, 0.25) is 0 Å². The van der Waals surface area contributed by atoms with Crippen molar-refractivity contribution in [2.45, 2.75) is 20.3 Å². The predicted molar refractivity (Wildman–Crippen MR) is 73.8 cm³/mol. The Balaban J connectivity index is 1.91. The maximum atomic E-state index is 11.8. The summed E-state index contributed by atoms with van der Waals surface area (Å²) in [6.45, 7) is 4.29. The van der Waals surface area contributed by atoms with Gasteiger partial charge in [-0.25, -0.2) is 9.59 Å². The standard InChI is InChI=1S/C13H16N2O4S/c1-3-9-6-10(20-8(9)2)12(17)19-7-11(16)15-5-4-14-13(15)18/h6H,3-5,7H2,1-2H3,(H,14,18). The summed E-state index contributed by atoms with van der Waals surface area (Å²) in [5.41, 5.74) is 1.10. The molecule has 1 aliphatic heterocycles. The number of amides is 3. The van der Waals surface area contributed by atoms with Crippen LogP contribution in [-0.4, -0.2) is 42.5 Å². The van der Waals surface area contributed by atoms with Crippen LogP contribution < -0.4 is 5.32 Å². The summed E-state index contributed by atoms with van der Waals surface area (Å²) in [6.07, 6.45) is 0.850. The number of hydrogen-bond acceptors (Lipinski definition) is 5. The van der Waals surface area contributed by atoms with E-state index >= 15 is 0 Å². The van der Waals surface area contributed by atoms with Gasteiger partial charge in [0, 0.05) is 18.0 Å². The largest absolute Gasteiger partial charge is 0.451 e. The van der Waals surface area contributed by atoms with Crippen molar-refractivity contribution in [3.05, 3.63) is 21.4 Å². The number of nitrogens with zero attached hydrogens (tertiary/aromatic N) is 1. The van der Waals surface area contributed by atoms with E-state index in [2.05, 4.69) is 5.32 Å². The van der Waals surface area contributed by atoms with Crippen molar-refractivity contribution < 1.29 is 19.1 Å². The van der Waals surface area contributed by atoms with E-state index in [1.54, 1.807) is 6.07 Å². The Bertz CT molecular complexity index is 553. The molecule has 0 saturated carbocycles. The van der Waals surface area contributed by atoms with Gasteiger partial charge in [-0.15, -0.1) is 11.3 Å². The molecule has 2 heterocycles. The Morgan fingerprint density at radius 3 is 2.80 bits per heavy atom. The molecule has 20 heavy (non-hydrogen) atoms. The molecule has 2 rings (SSSR count). The number of esters is 1. The third-order valence-electron chi connectivity index (χ3n) is 3.09. The van der Waals surface area contributed by atoms with Gasteiger partial charge in [0.1, 0.15) is 4.88 Å². The maximum Gasteiger partial charge on any atom is 0.348 e. The van der Waals surface area contributed by atoms with E-state index in [4.69, 9.17) is 4.74 Å². The van der Waals surface area contributed by atoms with Crippen LogP contribution in [0.4, 0.5) is 4.79 Å². The Hall–Kier alpha value is -1.89. The average molecular weight is 296 g/mol. The summed E-state index contributed by atoms with van der Waals surface area (Å²) in [5.74, 6) is -1.02. The molecular formula is C13H16N2O4S. The quantitative estimate of drug-likeness (QED) is 0.850. The minimum Gasteiger partial charge on any atom is -0.451 e. The molecule has 0 aliphatic carbocycles. The first-order chi connectivity index (χ1) is 9.52. The van der Waals surface area contributed by atoms with Gasteiger partial charge < -0.3 is 10.1 Å². The summed E-state index contributed by atoms with van der Waals surface area (Å²) in [6, 6.07) is 1.35. The molecule has 1 fully saturated rings. The maximum absolute atomic E-state index is 11.8. The number of nitrogens with one attached hydrogen (secondary N) is 1. The molecule has 1 aromatic heterocycles. The van der Waals surface area contributed by atoms with Gasteiger partial charge in [0.05, 0.1) is 0 Å². The first kappa shape index (κ1) is 14.5. The van der Waals surface area contributed by atoms with E-state index < -0.39 is 24.5 Å². The third kappa shape index (κ3) is 2.98. The second kappa shape index (κ2) is 6.04. The molecule has 0 spiro atoms. The highest BCUT2D eigenvalue weighted by atomic mass is 32.1. The van der Waals surface area contributed by atoms with E-state index in [0.29, 0.717) is 18.0 Å². The number of thiophene rings is 1. The molecule has 7 heteroatoms. The first-order valence-corrected chi connectivity index (χ1v) is 7.19. The molecule has 1 aromatic rings. The van der Waals surface area contributed by atoms with Crippen LogP contribution in [0.3, 0.4) is 0 Å². The number of ether oxygens (including phenoxy) is 1. The highest BCUT2D eigenvalue weighted by Gasteiger charge is 2.27. The smallest absolute Gasteiger partial charge is 0.348 e. The van der Waals surface area contributed by atoms with Crippen LogP contribution in [0.25, 0.3) is 0 Å². The topological polar surface area (TPSA) is 75.7 Å². The van der Waals surface area contributed by atoms with Gasteiger partial charge in [-0.3, -0.25) is 9.69 Å². The van der Waals surface area contributed by atoms with E-state index in [1.807, 2.05) is 13.8 Å². The van der Waals surface area contributed by atoms with Crippen molar-refractivity contribution in [1.82, 2.24) is 10.2 Å². The van der Waals surface area contributed by atoms with E-state index in [9.17, 15) is 14.4 Å². The lowest BCUT2D eigenvalue weighted by atomic mass is 10.2. The van der Waals surface area contributed by atoms with Gasteiger partial charge in [0.2, 0.25) is 0 Å². The molecule has 0 atom stereocenters. The van der Waals surface area contributed by atoms with Crippen molar-refractivity contribution >= 4 is 29.2 Å². The lowest BCUT2D eigenvalue weighted by molar-refractivity contribution is -0.130. The lowest BCUT2D eigenvalue weighted by Crippen LogP contribution is -2.37. The van der Waals surface area contributed by atoms with Crippen LogP contribution in [0.15, 0.2) is 6.07 Å². The number of urea groups is 1. The second-order valence-corrected chi connectivity index (χ2v) is 5.66. The molecule has 108 valence electrons. The minimum absolute atomic E-state index is 0.313. The van der Waals surface area contributed by atoms with Gasteiger partial charge in [-0.05, 0) is 25.0 Å². The molecule has 6 nitrogen and oxygen atoms in total. The van der Waals surface area contributed by atoms with Crippen molar-refractivity contribution in [3.8, 4) is 0 Å². The lowest BCUT2D eigenvalue weighted by Gasteiger charge is -2.11. The Morgan fingerprint density at radius 1 is 1.50 bits per heavy atom. The fraction of sp³-hybridized carbons (Fsp3) is 0.462. The van der Waals surface area contributed by atoms with E-state index in [0.717, 1.165) is 21.8 Å². The third-order valence-corrected chi connectivity index (χ3v) is 4.16. The second-order valence-electron chi connectivity index (χ2n) is 4.40. The Kier molecular flexibility index (Phi) is 4.39. The van der Waals surface area contributed by atoms with Gasteiger partial charge in [-0.2, -0.15) is 0 Å². The minimum atomic E-state index is -0.522. The molecule has 1 aliphatic rings. The normalized spacial score (nSPS) is 14.3. The molecule has 0 radical (unpaired) electrons. The molecule has 3 amide bonds. The Labute approximate surface area is 120 Å². The zero-order valence-electron chi connectivity index (χ0n) is 11.4. The number of imide groups is 1. The summed E-state index contributed by atoms with van der Waals surface area (Å²) >= 11 is 1.35. The number of hydrogen-bond donors (Lipinski definition) is 1.